The predicted octanol–water partition coefficient (Wildman–Crippen LogP) is 0.775. The van der Waals surface area contributed by atoms with Gasteiger partial charge in [-0.1, -0.05) is 6.08 Å². The number of aliphatic hydroxyl groups excluding tert-OH is 1. The van der Waals surface area contributed by atoms with Gasteiger partial charge in [0.15, 0.2) is 11.5 Å². The maximum atomic E-state index is 12.2. The molecule has 0 unspecified atom stereocenters. The molecule has 0 saturated carbocycles. The number of benzene rings is 1. The van der Waals surface area contributed by atoms with Gasteiger partial charge in [0.05, 0.1) is 32.6 Å². The first kappa shape index (κ1) is 19.3. The highest BCUT2D eigenvalue weighted by molar-refractivity contribution is 5.89. The number of esters is 1. The van der Waals surface area contributed by atoms with E-state index in [0.29, 0.717) is 17.7 Å². The lowest BCUT2D eigenvalue weighted by Crippen LogP contribution is -2.87. The lowest BCUT2D eigenvalue weighted by Gasteiger charge is -2.35. The normalized spacial score (nSPS) is 27.0. The van der Waals surface area contributed by atoms with Crippen molar-refractivity contribution in [3.05, 3.63) is 47.7 Å². The molecule has 1 aromatic carbocycles. The van der Waals surface area contributed by atoms with Crippen molar-refractivity contribution in [3.63, 3.8) is 0 Å². The monoisotopic (exact) mass is 376 g/mol. The van der Waals surface area contributed by atoms with Crippen LogP contribution in [0.5, 0.6) is 11.5 Å². The molecule has 146 valence electrons. The molecule has 4 atom stereocenters. The fourth-order valence-corrected chi connectivity index (χ4v) is 4.02. The molecule has 1 aromatic rings. The van der Waals surface area contributed by atoms with Crippen molar-refractivity contribution in [2.75, 3.05) is 20.8 Å². The Morgan fingerprint density at radius 2 is 2.22 bits per heavy atom. The van der Waals surface area contributed by atoms with Gasteiger partial charge < -0.3 is 29.7 Å². The van der Waals surface area contributed by atoms with Crippen molar-refractivity contribution in [3.8, 4) is 11.5 Å². The average molecular weight is 376 g/mol. The van der Waals surface area contributed by atoms with Gasteiger partial charge in [0.25, 0.3) is 0 Å². The van der Waals surface area contributed by atoms with Crippen LogP contribution >= 0.6 is 0 Å². The zero-order chi connectivity index (χ0) is 19.6. The Morgan fingerprint density at radius 3 is 2.89 bits per heavy atom. The molecule has 7 heteroatoms. The van der Waals surface area contributed by atoms with Crippen molar-refractivity contribution in [1.29, 1.82) is 0 Å². The smallest absolute Gasteiger partial charge is 0.337 e. The van der Waals surface area contributed by atoms with Crippen LogP contribution in [0, 0.1) is 11.8 Å². The van der Waals surface area contributed by atoms with Gasteiger partial charge in [-0.05, 0) is 17.7 Å². The van der Waals surface area contributed by atoms with Gasteiger partial charge in [0.2, 0.25) is 6.29 Å². The van der Waals surface area contributed by atoms with E-state index in [4.69, 9.17) is 14.2 Å². The average Bonchev–Trinajstić information content (AvgIpc) is 2.67. The first-order chi connectivity index (χ1) is 13.0. The molecule has 2 aliphatic rings. The summed E-state index contributed by atoms with van der Waals surface area (Å²) in [5, 5.41) is 22.6. The van der Waals surface area contributed by atoms with Crippen LogP contribution in [0.4, 0.5) is 0 Å². The number of carbonyl (C=O) groups is 1. The summed E-state index contributed by atoms with van der Waals surface area (Å²) in [6.45, 7) is 4.68. The van der Waals surface area contributed by atoms with E-state index in [2.05, 4.69) is 11.9 Å². The Labute approximate surface area is 158 Å². The molecule has 27 heavy (non-hydrogen) atoms. The Balaban J connectivity index is 1.94. The second-order valence-corrected chi connectivity index (χ2v) is 6.85. The Kier molecular flexibility index (Phi) is 5.72. The molecule has 0 saturated heterocycles. The molecule has 2 heterocycles. The van der Waals surface area contributed by atoms with Crippen molar-refractivity contribution in [2.24, 2.45) is 11.8 Å². The van der Waals surface area contributed by atoms with Crippen LogP contribution in [0.2, 0.25) is 0 Å². The second-order valence-electron chi connectivity index (χ2n) is 6.85. The summed E-state index contributed by atoms with van der Waals surface area (Å²) < 4.78 is 15.3. The van der Waals surface area contributed by atoms with E-state index in [9.17, 15) is 15.0 Å². The lowest BCUT2D eigenvalue weighted by atomic mass is 9.77. The molecule has 3 rings (SSSR count). The molecule has 0 aromatic heterocycles. The molecule has 0 spiro atoms. The molecule has 2 aliphatic heterocycles. The number of hydrogen-bond acceptors (Lipinski definition) is 6. The zero-order valence-corrected chi connectivity index (χ0v) is 15.6. The molecule has 0 amide bonds. The summed E-state index contributed by atoms with van der Waals surface area (Å²) in [6, 6.07) is 3.61. The summed E-state index contributed by atoms with van der Waals surface area (Å²) in [5.41, 5.74) is 2.50. The topological polar surface area (TPSA) is 102 Å². The van der Waals surface area contributed by atoms with E-state index in [1.54, 1.807) is 12.1 Å². The third-order valence-corrected chi connectivity index (χ3v) is 5.43. The van der Waals surface area contributed by atoms with Gasteiger partial charge in [-0.15, -0.1) is 6.58 Å². The van der Waals surface area contributed by atoms with Gasteiger partial charge in [-0.3, -0.25) is 0 Å². The van der Waals surface area contributed by atoms with Crippen LogP contribution < -0.4 is 10.1 Å². The molecule has 0 fully saturated rings. The number of hydrogen-bond donors (Lipinski definition) is 3. The van der Waals surface area contributed by atoms with E-state index in [1.807, 2.05) is 6.07 Å². The summed E-state index contributed by atoms with van der Waals surface area (Å²) in [5.74, 6) is -0.681. The summed E-state index contributed by atoms with van der Waals surface area (Å²) in [4.78, 5) is 12.2. The fourth-order valence-electron chi connectivity index (χ4n) is 4.02. The van der Waals surface area contributed by atoms with Gasteiger partial charge in [-0.2, -0.15) is 0 Å². The van der Waals surface area contributed by atoms with E-state index >= 15 is 0 Å². The number of aromatic hydroxyl groups is 1. The van der Waals surface area contributed by atoms with E-state index in [0.717, 1.165) is 24.1 Å². The van der Waals surface area contributed by atoms with E-state index in [1.165, 1.54) is 20.5 Å². The third kappa shape index (κ3) is 3.65. The first-order valence-corrected chi connectivity index (χ1v) is 8.97. The second kappa shape index (κ2) is 8.02. The number of nitrogens with two attached hydrogens (primary N) is 1. The maximum Gasteiger partial charge on any atom is 0.337 e. The number of carbonyl (C=O) groups excluding carboxylic acids is 1. The van der Waals surface area contributed by atoms with Crippen molar-refractivity contribution < 1.29 is 34.5 Å². The van der Waals surface area contributed by atoms with Gasteiger partial charge in [0, 0.05) is 30.2 Å². The van der Waals surface area contributed by atoms with Gasteiger partial charge >= 0.3 is 5.97 Å². The summed E-state index contributed by atoms with van der Waals surface area (Å²) in [6.07, 6.45) is 3.27. The van der Waals surface area contributed by atoms with Crippen molar-refractivity contribution in [2.45, 2.75) is 25.2 Å². The van der Waals surface area contributed by atoms with Crippen LogP contribution in [-0.4, -0.2) is 43.2 Å². The first-order valence-electron chi connectivity index (χ1n) is 8.97. The Bertz CT molecular complexity index is 759. The van der Waals surface area contributed by atoms with Gasteiger partial charge in [0.1, 0.15) is 6.04 Å². The van der Waals surface area contributed by atoms with Crippen LogP contribution in [-0.2, 0) is 20.7 Å². The minimum absolute atomic E-state index is 0.0105. The quantitative estimate of drug-likeness (QED) is 0.518. The minimum atomic E-state index is -1.06. The fraction of sp³-hybridized carbons (Fsp3) is 0.450. The standard InChI is InChI=1S/C20H25NO6/c1-4-12-14(15(19(23)26-3)10-27-20(12)24)8-16-13-9-17(22)18(25-2)7-11(13)5-6-21-16/h4,7,9-10,12,14,16,20-22,24H,1,5-6,8H2,2-3H3/p+1/t12-,14+,16+,20-/m1/s1. The number of ether oxygens (including phenoxy) is 3. The molecule has 7 nitrogen and oxygen atoms in total. The molecule has 4 N–H and O–H groups in total. The number of rotatable bonds is 5. The minimum Gasteiger partial charge on any atom is -0.504 e. The third-order valence-electron chi connectivity index (χ3n) is 5.43. The summed E-state index contributed by atoms with van der Waals surface area (Å²) in [7, 11) is 2.85. The SMILES string of the molecule is C=C[C@H]1[C@H](O)OC=C(C(=O)OC)[C@H]1C[C@@H]1[NH2+]CCc2cc(OC)c(O)cc21. The van der Waals surface area contributed by atoms with Crippen molar-refractivity contribution >= 4 is 5.97 Å². The highest BCUT2D eigenvalue weighted by Crippen LogP contribution is 2.40. The van der Waals surface area contributed by atoms with Crippen molar-refractivity contribution in [1.82, 2.24) is 0 Å². The zero-order valence-electron chi connectivity index (χ0n) is 15.6. The molecule has 0 bridgehead atoms. The highest BCUT2D eigenvalue weighted by atomic mass is 16.6. The molecule has 0 radical (unpaired) electrons. The van der Waals surface area contributed by atoms with E-state index in [-0.39, 0.29) is 17.7 Å². The number of methoxy groups -OCH3 is 2. The molecular formula is C20H26NO6+. The number of fused-ring (bicyclic) bond motifs is 1. The molecule has 0 aliphatic carbocycles. The maximum absolute atomic E-state index is 12.2. The Hall–Kier alpha value is -2.51. The number of aliphatic hydroxyl groups is 1. The summed E-state index contributed by atoms with van der Waals surface area (Å²) >= 11 is 0. The van der Waals surface area contributed by atoms with Crippen LogP contribution in [0.1, 0.15) is 23.6 Å². The largest absolute Gasteiger partial charge is 0.504 e. The number of phenolic OH excluding ortho intramolecular Hbond substituents is 1. The van der Waals surface area contributed by atoms with Gasteiger partial charge in [-0.25, -0.2) is 4.79 Å². The number of quaternary nitrogens is 1. The van der Waals surface area contributed by atoms with Crippen LogP contribution in [0.3, 0.4) is 0 Å². The highest BCUT2D eigenvalue weighted by Gasteiger charge is 2.40. The number of phenols is 1. The van der Waals surface area contributed by atoms with Crippen LogP contribution in [0.25, 0.3) is 0 Å². The molecular weight excluding hydrogens is 350 g/mol. The Morgan fingerprint density at radius 1 is 1.44 bits per heavy atom. The van der Waals surface area contributed by atoms with Crippen LogP contribution in [0.15, 0.2) is 36.6 Å². The van der Waals surface area contributed by atoms with E-state index < -0.39 is 18.2 Å². The lowest BCUT2D eigenvalue weighted by molar-refractivity contribution is -0.700. The predicted molar refractivity (Wildman–Crippen MR) is 96.9 cm³/mol.